The van der Waals surface area contributed by atoms with Gasteiger partial charge in [-0.05, 0) is 35.4 Å². The molecule has 0 aliphatic carbocycles. The zero-order valence-corrected chi connectivity index (χ0v) is 17.3. The average Bonchev–Trinajstić information content (AvgIpc) is 3.30. The summed E-state index contributed by atoms with van der Waals surface area (Å²) in [5.74, 6) is -1.14. The second-order valence-electron chi connectivity index (χ2n) is 6.68. The standard InChI is InChI=1S/C22H22F2N4O4/c1-31-19-11-15(7-8-18(19)32-22(23)24)21(30)26-13-20(29)25-12-16-5-2-3-6-17(16)14-28-10-4-9-27-28/h2-11,22H,12-14H2,1H3,(H,25,29)(H,26,30). The maximum atomic E-state index is 12.4. The van der Waals surface area contributed by atoms with Crippen LogP contribution in [0.2, 0.25) is 0 Å². The van der Waals surface area contributed by atoms with E-state index >= 15 is 0 Å². The van der Waals surface area contributed by atoms with E-state index in [0.29, 0.717) is 13.1 Å². The van der Waals surface area contributed by atoms with Crippen LogP contribution in [0.25, 0.3) is 0 Å². The SMILES string of the molecule is COc1cc(C(=O)NCC(=O)NCc2ccccc2Cn2cccn2)ccc1OC(F)F. The van der Waals surface area contributed by atoms with Gasteiger partial charge in [-0.15, -0.1) is 0 Å². The molecule has 0 bridgehead atoms. The number of hydrogen-bond donors (Lipinski definition) is 2. The molecule has 32 heavy (non-hydrogen) atoms. The molecule has 0 unspecified atom stereocenters. The summed E-state index contributed by atoms with van der Waals surface area (Å²) in [6.07, 6.45) is 3.55. The van der Waals surface area contributed by atoms with Crippen LogP contribution in [-0.4, -0.2) is 41.9 Å². The number of nitrogens with zero attached hydrogens (tertiary/aromatic N) is 2. The van der Waals surface area contributed by atoms with Gasteiger partial charge in [0.25, 0.3) is 5.91 Å². The van der Waals surface area contributed by atoms with Gasteiger partial charge in [-0.1, -0.05) is 24.3 Å². The van der Waals surface area contributed by atoms with Crippen LogP contribution in [-0.2, 0) is 17.9 Å². The molecule has 0 spiro atoms. The van der Waals surface area contributed by atoms with Gasteiger partial charge in [0.15, 0.2) is 11.5 Å². The van der Waals surface area contributed by atoms with E-state index in [1.165, 1.54) is 25.3 Å². The zero-order valence-electron chi connectivity index (χ0n) is 17.3. The van der Waals surface area contributed by atoms with Crippen LogP contribution in [0.1, 0.15) is 21.5 Å². The van der Waals surface area contributed by atoms with Crippen LogP contribution in [0, 0.1) is 0 Å². The number of amides is 2. The van der Waals surface area contributed by atoms with Crippen LogP contribution in [0.15, 0.2) is 60.9 Å². The number of benzene rings is 2. The first-order valence-corrected chi connectivity index (χ1v) is 9.68. The summed E-state index contributed by atoms with van der Waals surface area (Å²) in [6.45, 7) is -2.41. The highest BCUT2D eigenvalue weighted by Gasteiger charge is 2.15. The Kier molecular flexibility index (Phi) is 7.74. The molecule has 8 nitrogen and oxygen atoms in total. The van der Waals surface area contributed by atoms with Crippen LogP contribution in [0.3, 0.4) is 0 Å². The van der Waals surface area contributed by atoms with E-state index in [9.17, 15) is 18.4 Å². The van der Waals surface area contributed by atoms with Crippen molar-refractivity contribution in [2.75, 3.05) is 13.7 Å². The van der Waals surface area contributed by atoms with Gasteiger partial charge in [-0.3, -0.25) is 14.3 Å². The molecular weight excluding hydrogens is 422 g/mol. The molecule has 168 valence electrons. The Morgan fingerprint density at radius 1 is 1.06 bits per heavy atom. The monoisotopic (exact) mass is 444 g/mol. The topological polar surface area (TPSA) is 94.5 Å². The molecule has 1 aromatic heterocycles. The highest BCUT2D eigenvalue weighted by Crippen LogP contribution is 2.29. The van der Waals surface area contributed by atoms with Crippen molar-refractivity contribution in [3.05, 3.63) is 77.6 Å². The molecule has 0 aliphatic heterocycles. The van der Waals surface area contributed by atoms with E-state index in [1.807, 2.05) is 36.5 Å². The largest absolute Gasteiger partial charge is 0.493 e. The molecule has 2 aromatic carbocycles. The van der Waals surface area contributed by atoms with Crippen molar-refractivity contribution >= 4 is 11.8 Å². The Morgan fingerprint density at radius 3 is 2.53 bits per heavy atom. The zero-order chi connectivity index (χ0) is 22.9. The van der Waals surface area contributed by atoms with Gasteiger partial charge in [0.05, 0.1) is 20.2 Å². The van der Waals surface area contributed by atoms with Gasteiger partial charge in [0.1, 0.15) is 0 Å². The Balaban J connectivity index is 1.53. The van der Waals surface area contributed by atoms with E-state index in [0.717, 1.165) is 11.1 Å². The van der Waals surface area contributed by atoms with Crippen molar-refractivity contribution in [2.45, 2.75) is 19.7 Å². The van der Waals surface area contributed by atoms with Crippen molar-refractivity contribution in [2.24, 2.45) is 0 Å². The minimum absolute atomic E-state index is 0.0174. The number of hydrogen-bond acceptors (Lipinski definition) is 5. The Morgan fingerprint density at radius 2 is 1.84 bits per heavy atom. The van der Waals surface area contributed by atoms with Crippen LogP contribution in [0.5, 0.6) is 11.5 Å². The summed E-state index contributed by atoms with van der Waals surface area (Å²) >= 11 is 0. The number of rotatable bonds is 10. The minimum atomic E-state index is -3.02. The van der Waals surface area contributed by atoms with Crippen LogP contribution >= 0.6 is 0 Å². The number of halogens is 2. The van der Waals surface area contributed by atoms with Gasteiger partial charge in [-0.25, -0.2) is 0 Å². The van der Waals surface area contributed by atoms with E-state index in [2.05, 4.69) is 20.5 Å². The number of methoxy groups -OCH3 is 1. The van der Waals surface area contributed by atoms with E-state index in [4.69, 9.17) is 4.74 Å². The maximum absolute atomic E-state index is 12.4. The van der Waals surface area contributed by atoms with Gasteiger partial charge in [0.2, 0.25) is 5.91 Å². The number of aromatic nitrogens is 2. The van der Waals surface area contributed by atoms with Gasteiger partial charge in [-0.2, -0.15) is 13.9 Å². The van der Waals surface area contributed by atoms with E-state index in [1.54, 1.807) is 10.9 Å². The van der Waals surface area contributed by atoms with Crippen molar-refractivity contribution in [1.29, 1.82) is 0 Å². The number of alkyl halides is 2. The summed E-state index contributed by atoms with van der Waals surface area (Å²) in [6, 6.07) is 13.3. The third-order valence-corrected chi connectivity index (χ3v) is 4.54. The molecule has 0 fully saturated rings. The molecule has 3 aromatic rings. The second kappa shape index (κ2) is 10.9. The average molecular weight is 444 g/mol. The lowest BCUT2D eigenvalue weighted by atomic mass is 10.1. The fraction of sp³-hybridized carbons (Fsp3) is 0.227. The number of ether oxygens (including phenoxy) is 2. The fourth-order valence-electron chi connectivity index (χ4n) is 2.97. The molecule has 0 saturated heterocycles. The van der Waals surface area contributed by atoms with E-state index in [-0.39, 0.29) is 29.5 Å². The molecule has 10 heteroatoms. The Hall–Kier alpha value is -3.95. The van der Waals surface area contributed by atoms with Gasteiger partial charge >= 0.3 is 6.61 Å². The molecular formula is C22H22F2N4O4. The summed E-state index contributed by atoms with van der Waals surface area (Å²) < 4.78 is 35.9. The third kappa shape index (κ3) is 6.27. The first-order chi connectivity index (χ1) is 15.5. The van der Waals surface area contributed by atoms with Crippen molar-refractivity contribution in [3.8, 4) is 11.5 Å². The highest BCUT2D eigenvalue weighted by molar-refractivity contribution is 5.97. The minimum Gasteiger partial charge on any atom is -0.493 e. The predicted octanol–water partition coefficient (Wildman–Crippen LogP) is 2.59. The smallest absolute Gasteiger partial charge is 0.387 e. The number of nitrogens with one attached hydrogen (secondary N) is 2. The lowest BCUT2D eigenvalue weighted by molar-refractivity contribution is -0.120. The quantitative estimate of drug-likeness (QED) is 0.501. The van der Waals surface area contributed by atoms with Crippen molar-refractivity contribution in [1.82, 2.24) is 20.4 Å². The Bertz CT molecular complexity index is 1060. The van der Waals surface area contributed by atoms with Gasteiger partial charge < -0.3 is 20.1 Å². The molecule has 0 saturated carbocycles. The first kappa shape index (κ1) is 22.7. The second-order valence-corrected chi connectivity index (χ2v) is 6.68. The van der Waals surface area contributed by atoms with Crippen molar-refractivity contribution < 1.29 is 27.8 Å². The number of carbonyl (C=O) groups excluding carboxylic acids is 2. The van der Waals surface area contributed by atoms with Gasteiger partial charge in [0, 0.05) is 24.5 Å². The summed E-state index contributed by atoms with van der Waals surface area (Å²) in [7, 11) is 1.27. The molecule has 0 atom stereocenters. The summed E-state index contributed by atoms with van der Waals surface area (Å²) in [4.78, 5) is 24.5. The predicted molar refractivity (Wildman–Crippen MR) is 112 cm³/mol. The lowest BCUT2D eigenvalue weighted by Gasteiger charge is -2.12. The molecule has 3 rings (SSSR count). The molecule has 0 radical (unpaired) electrons. The lowest BCUT2D eigenvalue weighted by Crippen LogP contribution is -2.36. The normalized spacial score (nSPS) is 10.6. The Labute approximate surface area is 183 Å². The van der Waals surface area contributed by atoms with Crippen molar-refractivity contribution in [3.63, 3.8) is 0 Å². The van der Waals surface area contributed by atoms with Crippen LogP contribution in [0.4, 0.5) is 8.78 Å². The van der Waals surface area contributed by atoms with E-state index < -0.39 is 12.5 Å². The maximum Gasteiger partial charge on any atom is 0.387 e. The molecule has 2 amide bonds. The fourth-order valence-corrected chi connectivity index (χ4v) is 2.97. The number of carbonyl (C=O) groups is 2. The first-order valence-electron chi connectivity index (χ1n) is 9.68. The molecule has 1 heterocycles. The summed E-state index contributed by atoms with van der Waals surface area (Å²) in [5, 5.41) is 9.44. The third-order valence-electron chi connectivity index (χ3n) is 4.54. The summed E-state index contributed by atoms with van der Waals surface area (Å²) in [5.41, 5.74) is 2.08. The highest BCUT2D eigenvalue weighted by atomic mass is 19.3. The molecule has 2 N–H and O–H groups in total. The van der Waals surface area contributed by atoms with Crippen LogP contribution < -0.4 is 20.1 Å². The molecule has 0 aliphatic rings.